The largest absolute Gasteiger partial charge is 0.352 e. The molecular formula is C15H16BrN3O2S. The van der Waals surface area contributed by atoms with Gasteiger partial charge < -0.3 is 16.4 Å². The SMILES string of the molecule is Cc1cc(Br)ccc1NC(=O)CC(NC(N)=O)c1cccs1. The number of benzene rings is 1. The molecule has 0 aliphatic heterocycles. The summed E-state index contributed by atoms with van der Waals surface area (Å²) in [6.07, 6.45) is 0.124. The molecule has 0 radical (unpaired) electrons. The Hall–Kier alpha value is -1.86. The first kappa shape index (κ1) is 16.5. The molecule has 3 amide bonds. The minimum atomic E-state index is -0.647. The van der Waals surface area contributed by atoms with Crippen LogP contribution in [-0.4, -0.2) is 11.9 Å². The molecule has 1 aromatic heterocycles. The number of amides is 3. The Bertz CT molecular complexity index is 673. The van der Waals surface area contributed by atoms with Crippen molar-refractivity contribution in [2.75, 3.05) is 5.32 Å². The van der Waals surface area contributed by atoms with Crippen LogP contribution in [0.15, 0.2) is 40.2 Å². The molecule has 0 bridgehead atoms. The van der Waals surface area contributed by atoms with Gasteiger partial charge in [0.15, 0.2) is 0 Å². The molecule has 0 aliphatic carbocycles. The van der Waals surface area contributed by atoms with E-state index in [4.69, 9.17) is 5.73 Å². The van der Waals surface area contributed by atoms with Crippen LogP contribution in [0.5, 0.6) is 0 Å². The Morgan fingerprint density at radius 2 is 2.14 bits per heavy atom. The third-order valence-corrected chi connectivity index (χ3v) is 4.53. The monoisotopic (exact) mass is 381 g/mol. The number of rotatable bonds is 5. The minimum Gasteiger partial charge on any atom is -0.352 e. The normalized spacial score (nSPS) is 11.7. The number of primary amides is 1. The highest BCUT2D eigenvalue weighted by atomic mass is 79.9. The Morgan fingerprint density at radius 1 is 1.36 bits per heavy atom. The molecule has 2 rings (SSSR count). The average Bonchev–Trinajstić information content (AvgIpc) is 2.95. The van der Waals surface area contributed by atoms with E-state index < -0.39 is 12.1 Å². The van der Waals surface area contributed by atoms with E-state index in [-0.39, 0.29) is 12.3 Å². The number of carbonyl (C=O) groups is 2. The number of nitrogens with one attached hydrogen (secondary N) is 2. The lowest BCUT2D eigenvalue weighted by Crippen LogP contribution is -2.34. The second-order valence-electron chi connectivity index (χ2n) is 4.79. The van der Waals surface area contributed by atoms with Gasteiger partial charge in [-0.05, 0) is 42.1 Å². The van der Waals surface area contributed by atoms with Gasteiger partial charge in [0.25, 0.3) is 0 Å². The standard InChI is InChI=1S/C15H16BrN3O2S/c1-9-7-10(16)4-5-11(9)18-14(20)8-12(19-15(17)21)13-3-2-6-22-13/h2-7,12H,8H2,1H3,(H,18,20)(H3,17,19,21). The highest BCUT2D eigenvalue weighted by Crippen LogP contribution is 2.24. The molecule has 0 spiro atoms. The van der Waals surface area contributed by atoms with Gasteiger partial charge in [-0.15, -0.1) is 11.3 Å². The van der Waals surface area contributed by atoms with Gasteiger partial charge in [-0.25, -0.2) is 4.79 Å². The summed E-state index contributed by atoms with van der Waals surface area (Å²) in [7, 11) is 0. The fourth-order valence-electron chi connectivity index (χ4n) is 2.04. The van der Waals surface area contributed by atoms with Crippen LogP contribution >= 0.6 is 27.3 Å². The zero-order valence-corrected chi connectivity index (χ0v) is 14.3. The van der Waals surface area contributed by atoms with Crippen molar-refractivity contribution < 1.29 is 9.59 Å². The third-order valence-electron chi connectivity index (χ3n) is 3.06. The van der Waals surface area contributed by atoms with Gasteiger partial charge in [-0.2, -0.15) is 0 Å². The zero-order valence-electron chi connectivity index (χ0n) is 11.9. The Balaban J connectivity index is 2.06. The van der Waals surface area contributed by atoms with Crippen molar-refractivity contribution in [2.24, 2.45) is 5.73 Å². The van der Waals surface area contributed by atoms with Crippen LogP contribution in [-0.2, 0) is 4.79 Å². The predicted molar refractivity (Wildman–Crippen MR) is 91.9 cm³/mol. The number of nitrogens with two attached hydrogens (primary N) is 1. The topological polar surface area (TPSA) is 84.2 Å². The van der Waals surface area contributed by atoms with Gasteiger partial charge in [-0.1, -0.05) is 22.0 Å². The molecule has 0 saturated carbocycles. The van der Waals surface area contributed by atoms with Crippen LogP contribution in [0, 0.1) is 6.92 Å². The summed E-state index contributed by atoms with van der Waals surface area (Å²) in [5.41, 5.74) is 6.89. The van der Waals surface area contributed by atoms with Gasteiger partial charge in [0.05, 0.1) is 12.5 Å². The minimum absolute atomic E-state index is 0.124. The molecule has 1 unspecified atom stereocenters. The molecule has 116 valence electrons. The van der Waals surface area contributed by atoms with Crippen molar-refractivity contribution in [2.45, 2.75) is 19.4 Å². The van der Waals surface area contributed by atoms with Gasteiger partial charge in [0.2, 0.25) is 5.91 Å². The lowest BCUT2D eigenvalue weighted by atomic mass is 10.1. The van der Waals surface area contributed by atoms with E-state index in [1.165, 1.54) is 11.3 Å². The first-order valence-electron chi connectivity index (χ1n) is 6.61. The highest BCUT2D eigenvalue weighted by Gasteiger charge is 2.18. The molecule has 0 saturated heterocycles. The van der Waals surface area contributed by atoms with E-state index in [0.29, 0.717) is 0 Å². The van der Waals surface area contributed by atoms with Crippen molar-refractivity contribution in [3.05, 3.63) is 50.6 Å². The van der Waals surface area contributed by atoms with Crippen molar-refractivity contribution in [1.82, 2.24) is 5.32 Å². The maximum absolute atomic E-state index is 12.2. The summed E-state index contributed by atoms with van der Waals surface area (Å²) in [6, 6.07) is 8.28. The molecular weight excluding hydrogens is 366 g/mol. The maximum Gasteiger partial charge on any atom is 0.312 e. The van der Waals surface area contributed by atoms with Crippen LogP contribution in [0.2, 0.25) is 0 Å². The molecule has 22 heavy (non-hydrogen) atoms. The second-order valence-corrected chi connectivity index (χ2v) is 6.68. The molecule has 1 aromatic carbocycles. The van der Waals surface area contributed by atoms with E-state index in [0.717, 1.165) is 20.6 Å². The Labute approximate surface area is 141 Å². The molecule has 0 fully saturated rings. The molecule has 7 heteroatoms. The summed E-state index contributed by atoms with van der Waals surface area (Å²) in [5.74, 6) is -0.183. The number of thiophene rings is 1. The number of urea groups is 1. The van der Waals surface area contributed by atoms with Crippen LogP contribution in [0.4, 0.5) is 10.5 Å². The van der Waals surface area contributed by atoms with Crippen LogP contribution in [0.3, 0.4) is 0 Å². The van der Waals surface area contributed by atoms with Gasteiger partial charge in [0.1, 0.15) is 0 Å². The summed E-state index contributed by atoms with van der Waals surface area (Å²) in [5, 5.41) is 7.35. The molecule has 1 heterocycles. The van der Waals surface area contributed by atoms with E-state index in [9.17, 15) is 9.59 Å². The predicted octanol–water partition coefficient (Wildman–Crippen LogP) is 3.56. The van der Waals surface area contributed by atoms with E-state index >= 15 is 0 Å². The highest BCUT2D eigenvalue weighted by molar-refractivity contribution is 9.10. The quantitative estimate of drug-likeness (QED) is 0.739. The number of aryl methyl sites for hydroxylation is 1. The van der Waals surface area contributed by atoms with Gasteiger partial charge >= 0.3 is 6.03 Å². The molecule has 0 aliphatic rings. The van der Waals surface area contributed by atoms with Crippen molar-refractivity contribution in [3.63, 3.8) is 0 Å². The van der Waals surface area contributed by atoms with Crippen LogP contribution in [0.1, 0.15) is 22.9 Å². The summed E-state index contributed by atoms with van der Waals surface area (Å²) in [4.78, 5) is 24.2. The zero-order chi connectivity index (χ0) is 16.1. The van der Waals surface area contributed by atoms with E-state index in [1.54, 1.807) is 0 Å². The lowest BCUT2D eigenvalue weighted by molar-refractivity contribution is -0.116. The third kappa shape index (κ3) is 4.57. The smallest absolute Gasteiger partial charge is 0.312 e. The Morgan fingerprint density at radius 3 is 2.73 bits per heavy atom. The summed E-state index contributed by atoms with van der Waals surface area (Å²) >= 11 is 4.85. The average molecular weight is 382 g/mol. The lowest BCUT2D eigenvalue weighted by Gasteiger charge is -2.16. The number of carbonyl (C=O) groups excluding carboxylic acids is 2. The molecule has 1 atom stereocenters. The summed E-state index contributed by atoms with van der Waals surface area (Å²) < 4.78 is 0.954. The second kappa shape index (κ2) is 7.42. The van der Waals surface area contributed by atoms with Crippen molar-refractivity contribution >= 4 is 44.9 Å². The fourth-order valence-corrected chi connectivity index (χ4v) is 3.29. The Kier molecular flexibility index (Phi) is 5.57. The number of anilines is 1. The van der Waals surface area contributed by atoms with E-state index in [1.807, 2.05) is 42.6 Å². The number of hydrogen-bond acceptors (Lipinski definition) is 3. The van der Waals surface area contributed by atoms with Crippen LogP contribution < -0.4 is 16.4 Å². The molecule has 5 nitrogen and oxygen atoms in total. The molecule has 2 aromatic rings. The number of halogens is 1. The van der Waals surface area contributed by atoms with Crippen molar-refractivity contribution in [3.8, 4) is 0 Å². The first-order valence-corrected chi connectivity index (χ1v) is 8.28. The fraction of sp³-hybridized carbons (Fsp3) is 0.200. The van der Waals surface area contributed by atoms with E-state index in [2.05, 4.69) is 26.6 Å². The van der Waals surface area contributed by atoms with Crippen molar-refractivity contribution in [1.29, 1.82) is 0 Å². The first-order chi connectivity index (χ1) is 10.5. The van der Waals surface area contributed by atoms with Crippen LogP contribution in [0.25, 0.3) is 0 Å². The summed E-state index contributed by atoms with van der Waals surface area (Å²) in [6.45, 7) is 1.92. The number of hydrogen-bond donors (Lipinski definition) is 3. The van der Waals surface area contributed by atoms with Gasteiger partial charge in [0, 0.05) is 15.0 Å². The molecule has 4 N–H and O–H groups in total. The van der Waals surface area contributed by atoms with Gasteiger partial charge in [-0.3, -0.25) is 4.79 Å². The maximum atomic E-state index is 12.2.